The Labute approximate surface area is 182 Å². The molecule has 1 spiro atoms. The van der Waals surface area contributed by atoms with E-state index in [-0.39, 0.29) is 35.3 Å². The second-order valence-corrected chi connectivity index (χ2v) is 9.20. The summed E-state index contributed by atoms with van der Waals surface area (Å²) in [5, 5.41) is 0. The highest BCUT2D eigenvalue weighted by Crippen LogP contribution is 2.52. The van der Waals surface area contributed by atoms with Gasteiger partial charge in [-0.15, -0.1) is 0 Å². The van der Waals surface area contributed by atoms with Gasteiger partial charge in [-0.25, -0.2) is 0 Å². The minimum Gasteiger partial charge on any atom is -0.342 e. The Kier molecular flexibility index (Phi) is 5.16. The molecule has 6 nitrogen and oxygen atoms in total. The minimum absolute atomic E-state index is 0.0147. The van der Waals surface area contributed by atoms with Gasteiger partial charge in [0.2, 0.25) is 11.8 Å². The van der Waals surface area contributed by atoms with Crippen molar-refractivity contribution >= 4 is 11.8 Å². The number of carbonyl (C=O) groups is 2. The van der Waals surface area contributed by atoms with Gasteiger partial charge in [0.25, 0.3) is 5.56 Å². The molecule has 31 heavy (non-hydrogen) atoms. The number of hydrogen-bond acceptors (Lipinski definition) is 3. The summed E-state index contributed by atoms with van der Waals surface area (Å²) in [4.78, 5) is 42.0. The molecule has 1 unspecified atom stereocenters. The van der Waals surface area contributed by atoms with Gasteiger partial charge in [-0.1, -0.05) is 30.3 Å². The predicted molar refractivity (Wildman–Crippen MR) is 118 cm³/mol. The summed E-state index contributed by atoms with van der Waals surface area (Å²) < 4.78 is 1.46. The highest BCUT2D eigenvalue weighted by atomic mass is 16.2. The lowest BCUT2D eigenvalue weighted by Crippen LogP contribution is -2.46. The van der Waals surface area contributed by atoms with E-state index < -0.39 is 0 Å². The Balaban J connectivity index is 1.31. The molecular formula is C25H29N3O3. The summed E-state index contributed by atoms with van der Waals surface area (Å²) >= 11 is 0. The Hall–Kier alpha value is -2.89. The average Bonchev–Trinajstić information content (AvgIpc) is 3.43. The summed E-state index contributed by atoms with van der Waals surface area (Å²) in [6.45, 7) is 3.18. The molecular weight excluding hydrogens is 390 g/mol. The van der Waals surface area contributed by atoms with Crippen LogP contribution in [0.2, 0.25) is 0 Å². The van der Waals surface area contributed by atoms with Crippen molar-refractivity contribution in [2.45, 2.75) is 50.0 Å². The van der Waals surface area contributed by atoms with Crippen LogP contribution < -0.4 is 5.56 Å². The van der Waals surface area contributed by atoms with Gasteiger partial charge in [0, 0.05) is 43.9 Å². The number of aromatic nitrogens is 1. The molecule has 2 aliphatic heterocycles. The zero-order valence-corrected chi connectivity index (χ0v) is 17.8. The van der Waals surface area contributed by atoms with Gasteiger partial charge in [-0.2, -0.15) is 0 Å². The number of piperidine rings is 1. The number of hydrogen-bond donors (Lipinski definition) is 0. The number of nitrogens with zero attached hydrogens (tertiary/aromatic N) is 3. The fourth-order valence-corrected chi connectivity index (χ4v) is 5.77. The second-order valence-electron chi connectivity index (χ2n) is 9.20. The topological polar surface area (TPSA) is 62.6 Å². The zero-order valence-electron chi connectivity index (χ0n) is 17.8. The van der Waals surface area contributed by atoms with E-state index in [0.717, 1.165) is 45.2 Å². The minimum atomic E-state index is -0.155. The Bertz CT molecular complexity index is 1050. The van der Waals surface area contributed by atoms with Crippen molar-refractivity contribution in [3.8, 4) is 0 Å². The van der Waals surface area contributed by atoms with Crippen LogP contribution in [-0.2, 0) is 21.5 Å². The second kappa shape index (κ2) is 7.98. The molecule has 2 saturated heterocycles. The maximum absolute atomic E-state index is 13.3. The number of carbonyl (C=O) groups excluding carboxylic acids is 2. The van der Waals surface area contributed by atoms with Crippen molar-refractivity contribution in [3.05, 3.63) is 70.1 Å². The molecule has 5 rings (SSSR count). The van der Waals surface area contributed by atoms with Gasteiger partial charge >= 0.3 is 0 Å². The van der Waals surface area contributed by atoms with Crippen LogP contribution in [0.4, 0.5) is 0 Å². The van der Waals surface area contributed by atoms with Gasteiger partial charge in [0.15, 0.2) is 0 Å². The van der Waals surface area contributed by atoms with Crippen LogP contribution in [-0.4, -0.2) is 52.4 Å². The lowest BCUT2D eigenvalue weighted by atomic mass is 9.73. The summed E-state index contributed by atoms with van der Waals surface area (Å²) in [6.07, 6.45) is 6.45. The normalized spacial score (nSPS) is 22.0. The largest absolute Gasteiger partial charge is 0.342 e. The third-order valence-electron chi connectivity index (χ3n) is 7.50. The molecule has 1 aliphatic carbocycles. The monoisotopic (exact) mass is 419 g/mol. The Morgan fingerprint density at radius 2 is 1.61 bits per heavy atom. The smallest absolute Gasteiger partial charge is 0.250 e. The zero-order chi connectivity index (χ0) is 21.4. The number of pyridine rings is 1. The molecule has 1 aromatic carbocycles. The standard InChI is InChI=1S/C25H29N3O3/c29-22-9-3-4-14-28(22)18-23(30)26-15-10-25(11-16-26)17-20(19-7-1-2-8-21(19)25)24(31)27-12-5-6-13-27/h1-4,7-9,14,20H,5-6,10-13,15-18H2. The van der Waals surface area contributed by atoms with E-state index in [4.69, 9.17) is 0 Å². The van der Waals surface area contributed by atoms with E-state index in [9.17, 15) is 14.4 Å². The third kappa shape index (κ3) is 3.58. The van der Waals surface area contributed by atoms with Crippen LogP contribution in [0.5, 0.6) is 0 Å². The Morgan fingerprint density at radius 3 is 2.35 bits per heavy atom. The first-order chi connectivity index (χ1) is 15.1. The SMILES string of the molecule is O=C(Cn1ccccc1=O)N1CCC2(CC1)CC(C(=O)N1CCCC1)c1ccccc12. The maximum atomic E-state index is 13.3. The summed E-state index contributed by atoms with van der Waals surface area (Å²) in [5.74, 6) is 0.211. The molecule has 1 atom stereocenters. The van der Waals surface area contributed by atoms with E-state index in [1.807, 2.05) is 15.9 Å². The van der Waals surface area contributed by atoms with Gasteiger partial charge in [-0.3, -0.25) is 14.4 Å². The highest BCUT2D eigenvalue weighted by molar-refractivity contribution is 5.86. The molecule has 0 radical (unpaired) electrons. The number of likely N-dealkylation sites (tertiary alicyclic amines) is 2. The molecule has 2 aromatic rings. The third-order valence-corrected chi connectivity index (χ3v) is 7.50. The average molecular weight is 420 g/mol. The van der Waals surface area contributed by atoms with Gasteiger partial charge in [0.1, 0.15) is 6.54 Å². The van der Waals surface area contributed by atoms with Crippen molar-refractivity contribution in [1.29, 1.82) is 0 Å². The molecule has 3 heterocycles. The molecule has 2 amide bonds. The van der Waals surface area contributed by atoms with Crippen LogP contribution in [0.3, 0.4) is 0 Å². The van der Waals surface area contributed by atoms with E-state index >= 15 is 0 Å². The van der Waals surface area contributed by atoms with Crippen molar-refractivity contribution in [1.82, 2.24) is 14.4 Å². The maximum Gasteiger partial charge on any atom is 0.250 e. The van der Waals surface area contributed by atoms with E-state index in [2.05, 4.69) is 18.2 Å². The fraction of sp³-hybridized carbons (Fsp3) is 0.480. The first-order valence-corrected chi connectivity index (χ1v) is 11.4. The first-order valence-electron chi connectivity index (χ1n) is 11.4. The van der Waals surface area contributed by atoms with E-state index in [1.54, 1.807) is 18.3 Å². The van der Waals surface area contributed by atoms with Crippen molar-refractivity contribution in [2.24, 2.45) is 0 Å². The summed E-state index contributed by atoms with van der Waals surface area (Å²) in [7, 11) is 0. The lowest BCUT2D eigenvalue weighted by Gasteiger charge is -2.40. The lowest BCUT2D eigenvalue weighted by molar-refractivity contribution is -0.134. The van der Waals surface area contributed by atoms with Crippen molar-refractivity contribution in [2.75, 3.05) is 26.2 Å². The summed E-state index contributed by atoms with van der Waals surface area (Å²) in [5.41, 5.74) is 2.31. The van der Waals surface area contributed by atoms with E-state index in [1.165, 1.54) is 21.8 Å². The quantitative estimate of drug-likeness (QED) is 0.768. The predicted octanol–water partition coefficient (Wildman–Crippen LogP) is 2.52. The molecule has 3 aliphatic rings. The van der Waals surface area contributed by atoms with Crippen molar-refractivity contribution < 1.29 is 9.59 Å². The fourth-order valence-electron chi connectivity index (χ4n) is 5.77. The molecule has 2 fully saturated rings. The molecule has 1 aromatic heterocycles. The van der Waals surface area contributed by atoms with Gasteiger partial charge in [0.05, 0.1) is 5.92 Å². The van der Waals surface area contributed by atoms with Gasteiger partial charge < -0.3 is 14.4 Å². The van der Waals surface area contributed by atoms with E-state index in [0.29, 0.717) is 13.1 Å². The first kappa shape index (κ1) is 20.0. The number of fused-ring (bicyclic) bond motifs is 2. The summed E-state index contributed by atoms with van der Waals surface area (Å²) in [6, 6.07) is 13.4. The molecule has 0 N–H and O–H groups in total. The van der Waals surface area contributed by atoms with Crippen LogP contribution in [0.25, 0.3) is 0 Å². The van der Waals surface area contributed by atoms with Gasteiger partial charge in [-0.05, 0) is 49.3 Å². The number of amides is 2. The van der Waals surface area contributed by atoms with Crippen LogP contribution >= 0.6 is 0 Å². The van der Waals surface area contributed by atoms with Crippen LogP contribution in [0.1, 0.15) is 49.1 Å². The number of benzene rings is 1. The molecule has 162 valence electrons. The van der Waals surface area contributed by atoms with Crippen LogP contribution in [0, 0.1) is 0 Å². The van der Waals surface area contributed by atoms with Crippen molar-refractivity contribution in [3.63, 3.8) is 0 Å². The molecule has 0 bridgehead atoms. The highest BCUT2D eigenvalue weighted by Gasteiger charge is 2.48. The molecule has 0 saturated carbocycles. The Morgan fingerprint density at radius 1 is 0.903 bits per heavy atom. The molecule has 6 heteroatoms. The number of rotatable bonds is 3. The van der Waals surface area contributed by atoms with Crippen LogP contribution in [0.15, 0.2) is 53.5 Å².